The van der Waals surface area contributed by atoms with Crippen LogP contribution in [0.1, 0.15) is 11.1 Å². The molecule has 0 aliphatic carbocycles. The summed E-state index contributed by atoms with van der Waals surface area (Å²) in [6, 6.07) is 20.7. The highest BCUT2D eigenvalue weighted by atomic mass is 35.5. The van der Waals surface area contributed by atoms with Crippen LogP contribution in [0.5, 0.6) is 0 Å². The molecular weight excluding hydrogens is 404 g/mol. The first-order valence-electron chi connectivity index (χ1n) is 8.81. The minimum Gasteiger partial charge on any atom is -0.255 e. The minimum atomic E-state index is -3.91. The minimum absolute atomic E-state index is 0.0556. The first kappa shape index (κ1) is 19.1. The van der Waals surface area contributed by atoms with Gasteiger partial charge in [-0.15, -0.1) is 0 Å². The molecular formula is C23H15ClN2O2S. The van der Waals surface area contributed by atoms with Crippen molar-refractivity contribution in [3.63, 3.8) is 0 Å². The van der Waals surface area contributed by atoms with Crippen molar-refractivity contribution in [3.8, 4) is 17.2 Å². The Morgan fingerprint density at radius 1 is 1.00 bits per heavy atom. The van der Waals surface area contributed by atoms with Gasteiger partial charge in [0, 0.05) is 22.2 Å². The van der Waals surface area contributed by atoms with Crippen molar-refractivity contribution in [1.82, 2.24) is 4.98 Å². The zero-order chi connectivity index (χ0) is 20.6. The summed E-state index contributed by atoms with van der Waals surface area (Å²) in [5.41, 5.74) is 3.31. The van der Waals surface area contributed by atoms with Crippen molar-refractivity contribution in [2.24, 2.45) is 0 Å². The van der Waals surface area contributed by atoms with Crippen LogP contribution in [0.2, 0.25) is 5.02 Å². The van der Waals surface area contributed by atoms with Crippen molar-refractivity contribution in [2.45, 2.75) is 16.7 Å². The highest BCUT2D eigenvalue weighted by Gasteiger charge is 2.25. The summed E-state index contributed by atoms with van der Waals surface area (Å²) in [4.78, 5) is 4.55. The summed E-state index contributed by atoms with van der Waals surface area (Å²) in [6.07, 6.45) is 1.39. The van der Waals surface area contributed by atoms with E-state index in [1.807, 2.05) is 31.2 Å². The molecule has 3 aromatic carbocycles. The van der Waals surface area contributed by atoms with Crippen molar-refractivity contribution in [1.29, 1.82) is 5.26 Å². The third-order valence-corrected chi connectivity index (χ3v) is 6.70. The van der Waals surface area contributed by atoms with Gasteiger partial charge < -0.3 is 0 Å². The van der Waals surface area contributed by atoms with Gasteiger partial charge >= 0.3 is 0 Å². The maximum Gasteiger partial charge on any atom is 0.208 e. The first-order chi connectivity index (χ1) is 13.9. The van der Waals surface area contributed by atoms with Crippen LogP contribution in [0, 0.1) is 18.3 Å². The van der Waals surface area contributed by atoms with E-state index < -0.39 is 9.84 Å². The predicted octanol–water partition coefficient (Wildman–Crippen LogP) is 5.57. The number of hydrogen-bond acceptors (Lipinski definition) is 4. The second kappa shape index (κ2) is 7.32. The number of nitriles is 1. The highest BCUT2D eigenvalue weighted by molar-refractivity contribution is 7.91. The number of aromatic nitrogens is 1. The van der Waals surface area contributed by atoms with Gasteiger partial charge in [0.25, 0.3) is 0 Å². The van der Waals surface area contributed by atoms with Crippen LogP contribution < -0.4 is 0 Å². The largest absolute Gasteiger partial charge is 0.255 e. The van der Waals surface area contributed by atoms with Crippen LogP contribution in [-0.4, -0.2) is 13.4 Å². The molecule has 0 spiro atoms. The van der Waals surface area contributed by atoms with E-state index in [2.05, 4.69) is 4.98 Å². The monoisotopic (exact) mass is 418 g/mol. The standard InChI is InChI=1S/C23H15ClN2O2S/c1-15-5-10-20-21(11-15)26-14-22(23(20)17-6-8-18(24)9-7-17)29(27,28)19-4-2-3-16(12-19)13-25/h2-12,14H,1H3. The van der Waals surface area contributed by atoms with E-state index in [0.717, 1.165) is 16.5 Å². The topological polar surface area (TPSA) is 70.8 Å². The van der Waals surface area contributed by atoms with Crippen LogP contribution in [-0.2, 0) is 9.84 Å². The quantitative estimate of drug-likeness (QED) is 0.436. The molecule has 0 aliphatic heterocycles. The fourth-order valence-corrected chi connectivity index (χ4v) is 4.87. The lowest BCUT2D eigenvalue weighted by atomic mass is 10.0. The zero-order valence-electron chi connectivity index (χ0n) is 15.4. The average Bonchev–Trinajstić information content (AvgIpc) is 2.73. The Labute approximate surface area is 173 Å². The van der Waals surface area contributed by atoms with Gasteiger partial charge in [-0.2, -0.15) is 5.26 Å². The maximum atomic E-state index is 13.5. The Morgan fingerprint density at radius 2 is 1.76 bits per heavy atom. The Kier molecular flexibility index (Phi) is 4.83. The molecule has 0 unspecified atom stereocenters. The molecule has 1 heterocycles. The van der Waals surface area contributed by atoms with E-state index in [9.17, 15) is 8.42 Å². The molecule has 0 fully saturated rings. The van der Waals surface area contributed by atoms with Gasteiger partial charge in [0.15, 0.2) is 0 Å². The van der Waals surface area contributed by atoms with Gasteiger partial charge in [-0.1, -0.05) is 41.9 Å². The number of fused-ring (bicyclic) bond motifs is 1. The van der Waals surface area contributed by atoms with Crippen molar-refractivity contribution < 1.29 is 8.42 Å². The summed E-state index contributed by atoms with van der Waals surface area (Å²) >= 11 is 6.04. The molecule has 29 heavy (non-hydrogen) atoms. The van der Waals surface area contributed by atoms with E-state index in [4.69, 9.17) is 16.9 Å². The Hall–Kier alpha value is -3.20. The van der Waals surface area contributed by atoms with Crippen LogP contribution in [0.4, 0.5) is 0 Å². The molecule has 0 aliphatic rings. The third-order valence-electron chi connectivity index (χ3n) is 4.69. The van der Waals surface area contributed by atoms with Gasteiger partial charge in [-0.25, -0.2) is 8.42 Å². The lowest BCUT2D eigenvalue weighted by Crippen LogP contribution is -2.06. The second-order valence-electron chi connectivity index (χ2n) is 6.67. The molecule has 0 saturated carbocycles. The summed E-state index contributed by atoms with van der Waals surface area (Å²) in [5.74, 6) is 0. The predicted molar refractivity (Wildman–Crippen MR) is 114 cm³/mol. The van der Waals surface area contributed by atoms with E-state index in [0.29, 0.717) is 16.1 Å². The number of pyridine rings is 1. The fraction of sp³-hybridized carbons (Fsp3) is 0.0435. The van der Waals surface area contributed by atoms with Crippen LogP contribution in [0.25, 0.3) is 22.0 Å². The van der Waals surface area contributed by atoms with Gasteiger partial charge in [-0.3, -0.25) is 4.98 Å². The molecule has 142 valence electrons. The molecule has 6 heteroatoms. The number of benzene rings is 3. The highest BCUT2D eigenvalue weighted by Crippen LogP contribution is 2.37. The lowest BCUT2D eigenvalue weighted by Gasteiger charge is -2.14. The molecule has 0 radical (unpaired) electrons. The Bertz CT molecular complexity index is 1390. The number of halogens is 1. The second-order valence-corrected chi connectivity index (χ2v) is 9.02. The molecule has 0 N–H and O–H groups in total. The molecule has 0 atom stereocenters. The molecule has 0 amide bonds. The smallest absolute Gasteiger partial charge is 0.208 e. The Balaban J connectivity index is 2.06. The number of nitrogens with zero attached hydrogens (tertiary/aromatic N) is 2. The average molecular weight is 419 g/mol. The SMILES string of the molecule is Cc1ccc2c(-c3ccc(Cl)cc3)c(S(=O)(=O)c3cccc(C#N)c3)cnc2c1. The third kappa shape index (κ3) is 3.49. The van der Waals surface area contributed by atoms with Crippen LogP contribution in [0.15, 0.2) is 82.7 Å². The fourth-order valence-electron chi connectivity index (χ4n) is 3.26. The van der Waals surface area contributed by atoms with E-state index in [1.54, 1.807) is 36.4 Å². The normalized spacial score (nSPS) is 11.3. The number of aryl methyl sites for hydroxylation is 1. The number of sulfone groups is 1. The van der Waals surface area contributed by atoms with Gasteiger partial charge in [0.05, 0.1) is 26.9 Å². The van der Waals surface area contributed by atoms with Crippen molar-refractivity contribution in [2.75, 3.05) is 0 Å². The maximum absolute atomic E-state index is 13.5. The number of hydrogen-bond donors (Lipinski definition) is 0. The van der Waals surface area contributed by atoms with Crippen molar-refractivity contribution >= 4 is 32.3 Å². The summed E-state index contributed by atoms with van der Waals surface area (Å²) < 4.78 is 27.0. The zero-order valence-corrected chi connectivity index (χ0v) is 17.0. The van der Waals surface area contributed by atoms with Gasteiger partial charge in [0.2, 0.25) is 9.84 Å². The molecule has 0 bridgehead atoms. The van der Waals surface area contributed by atoms with Gasteiger partial charge in [-0.05, 0) is 54.4 Å². The summed E-state index contributed by atoms with van der Waals surface area (Å²) in [5, 5.41) is 10.5. The van der Waals surface area contributed by atoms with E-state index >= 15 is 0 Å². The molecule has 1 aromatic heterocycles. The summed E-state index contributed by atoms with van der Waals surface area (Å²) in [7, 11) is -3.91. The van der Waals surface area contributed by atoms with Crippen molar-refractivity contribution in [3.05, 3.63) is 89.1 Å². The van der Waals surface area contributed by atoms with Crippen LogP contribution >= 0.6 is 11.6 Å². The first-order valence-corrected chi connectivity index (χ1v) is 10.7. The summed E-state index contributed by atoms with van der Waals surface area (Å²) in [6.45, 7) is 1.96. The molecule has 4 nitrogen and oxygen atoms in total. The molecule has 4 rings (SSSR count). The lowest BCUT2D eigenvalue weighted by molar-refractivity contribution is 0.596. The van der Waals surface area contributed by atoms with Crippen LogP contribution in [0.3, 0.4) is 0 Å². The van der Waals surface area contributed by atoms with E-state index in [1.165, 1.54) is 18.3 Å². The van der Waals surface area contributed by atoms with Gasteiger partial charge in [0.1, 0.15) is 0 Å². The van der Waals surface area contributed by atoms with E-state index in [-0.39, 0.29) is 15.4 Å². The molecule has 4 aromatic rings. The molecule has 0 saturated heterocycles. The number of rotatable bonds is 3. The Morgan fingerprint density at radius 3 is 2.48 bits per heavy atom.